The fraction of sp³-hybridized carbons (Fsp3) is 0.389. The molecular weight excluding hydrogens is 499 g/mol. The zero-order valence-electron chi connectivity index (χ0n) is 16.1. The number of ether oxygens (including phenoxy) is 1. The van der Waals surface area contributed by atoms with Crippen molar-refractivity contribution in [2.45, 2.75) is 45.8 Å². The van der Waals surface area contributed by atoms with Crippen molar-refractivity contribution in [3.8, 4) is 0 Å². The van der Waals surface area contributed by atoms with Crippen molar-refractivity contribution >= 4 is 52.4 Å². The predicted molar refractivity (Wildman–Crippen MR) is 110 cm³/mol. The molecule has 3 N–H and O–H groups in total. The van der Waals surface area contributed by atoms with E-state index in [-0.39, 0.29) is 24.9 Å². The topological polar surface area (TPSA) is 140 Å². The van der Waals surface area contributed by atoms with Gasteiger partial charge in [-0.05, 0) is 61.1 Å². The first-order valence-corrected chi connectivity index (χ1v) is 9.70. The van der Waals surface area contributed by atoms with Crippen LogP contribution in [0, 0.1) is 8.98 Å². The Hall–Kier alpha value is -2.70. The van der Waals surface area contributed by atoms with Crippen molar-refractivity contribution in [1.29, 1.82) is 5.41 Å². The second kappa shape index (κ2) is 8.76. The molecule has 156 valence electrons. The minimum absolute atomic E-state index is 0.00406. The largest absolute Gasteiger partial charge is 0.478 e. The molecule has 11 heteroatoms. The molecule has 1 heterocycles. The fourth-order valence-corrected chi connectivity index (χ4v) is 3.20. The van der Waals surface area contributed by atoms with Gasteiger partial charge < -0.3 is 9.84 Å². The number of rotatable bonds is 4. The Balaban J connectivity index is 2.30. The van der Waals surface area contributed by atoms with Crippen LogP contribution in [0.4, 0.5) is 4.79 Å². The Morgan fingerprint density at radius 1 is 1.28 bits per heavy atom. The van der Waals surface area contributed by atoms with Gasteiger partial charge in [0.05, 0.1) is 12.1 Å². The van der Waals surface area contributed by atoms with Gasteiger partial charge >= 0.3 is 12.1 Å². The van der Waals surface area contributed by atoms with Gasteiger partial charge in [0.1, 0.15) is 5.60 Å². The molecule has 0 bridgehead atoms. The molecule has 0 aliphatic carbocycles. The Morgan fingerprint density at radius 3 is 2.34 bits per heavy atom. The van der Waals surface area contributed by atoms with Crippen LogP contribution in [0.15, 0.2) is 18.2 Å². The molecular formula is C18H21IN4O6. The highest BCUT2D eigenvalue weighted by Crippen LogP contribution is 2.21. The molecule has 1 aromatic carbocycles. The molecule has 0 radical (unpaired) electrons. The summed E-state index contributed by atoms with van der Waals surface area (Å²) in [5.74, 6) is -2.60. The predicted octanol–water partition coefficient (Wildman–Crippen LogP) is 2.31. The van der Waals surface area contributed by atoms with Crippen molar-refractivity contribution < 1.29 is 29.0 Å². The van der Waals surface area contributed by atoms with Gasteiger partial charge in [-0.1, -0.05) is 6.07 Å². The Kier molecular flexibility index (Phi) is 6.82. The van der Waals surface area contributed by atoms with Crippen LogP contribution in [-0.2, 0) is 20.9 Å². The van der Waals surface area contributed by atoms with Gasteiger partial charge in [-0.3, -0.25) is 20.3 Å². The SMILES string of the molecule is CC(C)(C)OC(=O)NC(=N)N(Cc1ccc(C(=O)O)cc1[131I])N1C(=O)CCC1=O. The summed E-state index contributed by atoms with van der Waals surface area (Å²) >= 11 is 1.93. The number of carbonyl (C=O) groups excluding carboxylic acids is 3. The molecule has 0 aromatic heterocycles. The molecule has 1 fully saturated rings. The summed E-state index contributed by atoms with van der Waals surface area (Å²) in [7, 11) is 0. The van der Waals surface area contributed by atoms with E-state index in [1.807, 2.05) is 22.6 Å². The number of carboxylic acids is 1. The standard InChI is InChI=1S/C18H21IN4O6/c1-18(2,3)29-17(28)21-16(20)22(23-13(24)6-7-14(23)25)9-11-5-4-10(15(26)27)8-12(11)19/h4-5,8H,6-7,9H2,1-3H3,(H,26,27)(H2,20,21,28)/i19+4. The van der Waals surface area contributed by atoms with E-state index in [2.05, 4.69) is 5.32 Å². The summed E-state index contributed by atoms with van der Waals surface area (Å²) < 4.78 is 5.68. The van der Waals surface area contributed by atoms with Gasteiger partial charge in [0.15, 0.2) is 0 Å². The first-order chi connectivity index (χ1) is 13.4. The maximum atomic E-state index is 12.2. The van der Waals surface area contributed by atoms with Gasteiger partial charge in [-0.15, -0.1) is 0 Å². The first-order valence-electron chi connectivity index (χ1n) is 8.62. The van der Waals surface area contributed by atoms with E-state index in [0.29, 0.717) is 9.13 Å². The lowest BCUT2D eigenvalue weighted by atomic mass is 10.1. The van der Waals surface area contributed by atoms with Crippen LogP contribution in [0.3, 0.4) is 0 Å². The van der Waals surface area contributed by atoms with Crippen LogP contribution in [0.2, 0.25) is 0 Å². The van der Waals surface area contributed by atoms with Gasteiger partial charge in [0.2, 0.25) is 17.8 Å². The van der Waals surface area contributed by atoms with E-state index >= 15 is 0 Å². The molecule has 2 rings (SSSR count). The normalized spacial score (nSPS) is 14.0. The molecule has 10 nitrogen and oxygen atoms in total. The number of nitrogens with one attached hydrogen (secondary N) is 2. The van der Waals surface area contributed by atoms with Gasteiger partial charge in [-0.25, -0.2) is 14.6 Å². The van der Waals surface area contributed by atoms with Crippen LogP contribution in [0.1, 0.15) is 49.5 Å². The van der Waals surface area contributed by atoms with Crippen LogP contribution >= 0.6 is 22.6 Å². The van der Waals surface area contributed by atoms with Crippen LogP contribution < -0.4 is 5.32 Å². The van der Waals surface area contributed by atoms with E-state index < -0.39 is 35.4 Å². The first kappa shape index (κ1) is 22.6. The summed E-state index contributed by atoms with van der Waals surface area (Å²) in [6, 6.07) is 4.36. The molecule has 0 atom stereocenters. The average molecular weight is 520 g/mol. The van der Waals surface area contributed by atoms with Crippen LogP contribution in [0.5, 0.6) is 0 Å². The zero-order chi connectivity index (χ0) is 21.9. The lowest BCUT2D eigenvalue weighted by Gasteiger charge is -2.32. The number of guanidine groups is 1. The van der Waals surface area contributed by atoms with Gasteiger partial charge in [0, 0.05) is 16.4 Å². The summed E-state index contributed by atoms with van der Waals surface area (Å²) in [6.45, 7) is 4.87. The number of aromatic carboxylic acids is 1. The minimum atomic E-state index is -1.09. The number of hydrogen-bond acceptors (Lipinski definition) is 6. The van der Waals surface area contributed by atoms with E-state index in [0.717, 1.165) is 10.0 Å². The van der Waals surface area contributed by atoms with Crippen molar-refractivity contribution in [1.82, 2.24) is 15.3 Å². The molecule has 1 saturated heterocycles. The highest BCUT2D eigenvalue weighted by molar-refractivity contribution is 14.1. The van der Waals surface area contributed by atoms with Gasteiger partial charge in [-0.2, -0.15) is 5.01 Å². The minimum Gasteiger partial charge on any atom is -0.478 e. The second-order valence-corrected chi connectivity index (χ2v) is 8.41. The lowest BCUT2D eigenvalue weighted by Crippen LogP contribution is -2.54. The number of nitrogens with zero attached hydrogens (tertiary/aromatic N) is 2. The molecule has 29 heavy (non-hydrogen) atoms. The van der Waals surface area contributed by atoms with Crippen LogP contribution in [-0.4, -0.2) is 50.6 Å². The monoisotopic (exact) mass is 520 g/mol. The van der Waals surface area contributed by atoms with E-state index in [4.69, 9.17) is 15.3 Å². The number of imide groups is 1. The Morgan fingerprint density at radius 2 is 1.86 bits per heavy atom. The molecule has 1 aliphatic rings. The quantitative estimate of drug-likeness (QED) is 0.240. The number of benzene rings is 1. The fourth-order valence-electron chi connectivity index (χ4n) is 2.52. The second-order valence-electron chi connectivity index (χ2n) is 7.24. The summed E-state index contributed by atoms with van der Waals surface area (Å²) in [4.78, 5) is 47.6. The number of hydrazine groups is 1. The molecule has 0 saturated carbocycles. The molecule has 3 amide bonds. The third-order valence-corrected chi connectivity index (χ3v) is 4.77. The van der Waals surface area contributed by atoms with Crippen molar-refractivity contribution in [3.63, 3.8) is 0 Å². The number of carboxylic acid groups (broad SMARTS) is 1. The van der Waals surface area contributed by atoms with E-state index in [1.165, 1.54) is 18.2 Å². The summed E-state index contributed by atoms with van der Waals surface area (Å²) in [5, 5.41) is 21.4. The maximum absolute atomic E-state index is 12.2. The highest BCUT2D eigenvalue weighted by Gasteiger charge is 2.36. The number of halogens is 1. The third kappa shape index (κ3) is 5.89. The average Bonchev–Trinajstić information content (AvgIpc) is 2.90. The van der Waals surface area contributed by atoms with E-state index in [1.54, 1.807) is 20.8 Å². The Bertz CT molecular complexity index is 864. The molecule has 1 aromatic rings. The molecule has 1 aliphatic heterocycles. The lowest BCUT2D eigenvalue weighted by molar-refractivity contribution is -0.152. The number of alkyl carbamates (subject to hydrolysis) is 1. The van der Waals surface area contributed by atoms with Gasteiger partial charge in [0.25, 0.3) is 0 Å². The number of hydrogen-bond donors (Lipinski definition) is 3. The maximum Gasteiger partial charge on any atom is 0.414 e. The van der Waals surface area contributed by atoms with Crippen molar-refractivity contribution in [3.05, 3.63) is 32.9 Å². The Labute approximate surface area is 180 Å². The van der Waals surface area contributed by atoms with Crippen molar-refractivity contribution in [2.24, 2.45) is 0 Å². The zero-order valence-corrected chi connectivity index (χ0v) is 18.3. The summed E-state index contributed by atoms with van der Waals surface area (Å²) in [6.07, 6.45) is -0.892. The molecule has 0 spiro atoms. The summed E-state index contributed by atoms with van der Waals surface area (Å²) in [5.41, 5.74) is -0.143. The van der Waals surface area contributed by atoms with Crippen molar-refractivity contribution in [2.75, 3.05) is 0 Å². The smallest absolute Gasteiger partial charge is 0.414 e. The molecule has 0 unspecified atom stereocenters. The number of amides is 3. The highest BCUT2D eigenvalue weighted by atomic mass is 131. The van der Waals surface area contributed by atoms with Crippen LogP contribution in [0.25, 0.3) is 0 Å². The number of carbonyl (C=O) groups is 4. The van der Waals surface area contributed by atoms with E-state index in [9.17, 15) is 19.2 Å². The third-order valence-electron chi connectivity index (χ3n) is 3.76.